The number of hydrogen-bond acceptors (Lipinski definition) is 5. The highest BCUT2D eigenvalue weighted by Crippen LogP contribution is 2.27. The van der Waals surface area contributed by atoms with Gasteiger partial charge in [-0.25, -0.2) is 4.98 Å². The first-order chi connectivity index (χ1) is 10.7. The lowest BCUT2D eigenvalue weighted by Gasteiger charge is -2.17. The van der Waals surface area contributed by atoms with Gasteiger partial charge in [-0.1, -0.05) is 25.6 Å². The van der Waals surface area contributed by atoms with Crippen molar-refractivity contribution in [3.05, 3.63) is 20.8 Å². The van der Waals surface area contributed by atoms with E-state index >= 15 is 0 Å². The maximum absolute atomic E-state index is 12.5. The molecule has 0 unspecified atom stereocenters. The molecule has 0 fully saturated rings. The number of rotatable bonds is 5. The van der Waals surface area contributed by atoms with Gasteiger partial charge in [0, 0.05) is 18.0 Å². The molecule has 1 N–H and O–H groups in total. The Bertz CT molecular complexity index is 793. The van der Waals surface area contributed by atoms with Crippen LogP contribution < -0.4 is 10.9 Å². The first-order valence-corrected chi connectivity index (χ1v) is 9.41. The Labute approximate surface area is 144 Å². The molecule has 0 saturated carbocycles. The van der Waals surface area contributed by atoms with Crippen LogP contribution in [0.25, 0.3) is 10.2 Å². The van der Waals surface area contributed by atoms with Crippen LogP contribution in [0.15, 0.2) is 9.95 Å². The van der Waals surface area contributed by atoms with Crippen LogP contribution in [0.5, 0.6) is 0 Å². The van der Waals surface area contributed by atoms with Crippen molar-refractivity contribution in [3.8, 4) is 0 Å². The first kappa shape index (κ1) is 18.0. The monoisotopic (exact) mass is 353 g/mol. The lowest BCUT2D eigenvalue weighted by Crippen LogP contribution is -2.37. The molecular weight excluding hydrogens is 330 g/mol. The molecule has 0 saturated heterocycles. The molecule has 1 atom stereocenters. The molecule has 0 aliphatic rings. The van der Waals surface area contributed by atoms with Crippen molar-refractivity contribution in [2.45, 2.75) is 45.8 Å². The van der Waals surface area contributed by atoms with E-state index in [1.165, 1.54) is 27.7 Å². The van der Waals surface area contributed by atoms with E-state index in [1.807, 2.05) is 20.8 Å². The number of nitrogens with one attached hydrogen (secondary N) is 1. The van der Waals surface area contributed by atoms with Gasteiger partial charge in [-0.3, -0.25) is 14.2 Å². The Morgan fingerprint density at radius 1 is 1.35 bits per heavy atom. The zero-order chi connectivity index (χ0) is 17.3. The molecule has 7 heteroatoms. The van der Waals surface area contributed by atoms with Gasteiger partial charge in [-0.05, 0) is 32.3 Å². The second-order valence-electron chi connectivity index (χ2n) is 6.11. The summed E-state index contributed by atoms with van der Waals surface area (Å²) in [6, 6.07) is 0.130. The molecule has 0 aliphatic heterocycles. The van der Waals surface area contributed by atoms with E-state index < -0.39 is 0 Å². The normalized spacial score (nSPS) is 12.8. The maximum Gasteiger partial charge on any atom is 0.262 e. The van der Waals surface area contributed by atoms with E-state index in [2.05, 4.69) is 24.1 Å². The highest BCUT2D eigenvalue weighted by molar-refractivity contribution is 7.99. The summed E-state index contributed by atoms with van der Waals surface area (Å²) in [5.74, 6) is 0.607. The molecule has 5 nitrogen and oxygen atoms in total. The minimum atomic E-state index is -0.0460. The lowest BCUT2D eigenvalue weighted by molar-refractivity contribution is -0.119. The number of aromatic nitrogens is 2. The molecule has 0 aliphatic carbocycles. The van der Waals surface area contributed by atoms with Crippen LogP contribution in [0.3, 0.4) is 0 Å². The number of amides is 1. The zero-order valence-electron chi connectivity index (χ0n) is 14.4. The summed E-state index contributed by atoms with van der Waals surface area (Å²) in [4.78, 5) is 30.9. The second kappa shape index (κ2) is 7.05. The molecule has 2 aromatic heterocycles. The summed E-state index contributed by atoms with van der Waals surface area (Å²) in [6.07, 6.45) is 0. The fraction of sp³-hybridized carbons (Fsp3) is 0.562. The van der Waals surface area contributed by atoms with Gasteiger partial charge in [0.2, 0.25) is 5.91 Å². The van der Waals surface area contributed by atoms with Gasteiger partial charge in [-0.2, -0.15) is 0 Å². The van der Waals surface area contributed by atoms with E-state index in [9.17, 15) is 9.59 Å². The third kappa shape index (κ3) is 3.77. The summed E-state index contributed by atoms with van der Waals surface area (Å²) in [5, 5.41) is 4.23. The van der Waals surface area contributed by atoms with Crippen LogP contribution in [-0.4, -0.2) is 27.3 Å². The van der Waals surface area contributed by atoms with Gasteiger partial charge < -0.3 is 5.32 Å². The molecule has 23 heavy (non-hydrogen) atoms. The van der Waals surface area contributed by atoms with E-state index in [0.29, 0.717) is 16.5 Å². The molecule has 126 valence electrons. The molecule has 0 aromatic carbocycles. The van der Waals surface area contributed by atoms with Crippen LogP contribution in [0.4, 0.5) is 0 Å². The third-order valence-corrected chi connectivity index (χ3v) is 6.22. The van der Waals surface area contributed by atoms with Crippen LogP contribution in [0, 0.1) is 19.8 Å². The summed E-state index contributed by atoms with van der Waals surface area (Å²) in [5.41, 5.74) is 0.952. The van der Waals surface area contributed by atoms with E-state index in [0.717, 1.165) is 15.3 Å². The quantitative estimate of drug-likeness (QED) is 0.663. The number of aryl methyl sites for hydroxylation is 2. The number of carbonyl (C=O) groups is 1. The molecule has 1 amide bonds. The highest BCUT2D eigenvalue weighted by Gasteiger charge is 2.16. The Morgan fingerprint density at radius 3 is 2.61 bits per heavy atom. The average molecular weight is 354 g/mol. The first-order valence-electron chi connectivity index (χ1n) is 7.61. The van der Waals surface area contributed by atoms with Crippen molar-refractivity contribution in [1.29, 1.82) is 0 Å². The lowest BCUT2D eigenvalue weighted by atomic mass is 10.1. The smallest absolute Gasteiger partial charge is 0.262 e. The van der Waals surface area contributed by atoms with Gasteiger partial charge in [-0.15, -0.1) is 11.3 Å². The highest BCUT2D eigenvalue weighted by atomic mass is 32.2. The zero-order valence-corrected chi connectivity index (χ0v) is 16.0. The van der Waals surface area contributed by atoms with Gasteiger partial charge in [0.1, 0.15) is 4.83 Å². The number of thiophene rings is 1. The van der Waals surface area contributed by atoms with Crippen LogP contribution in [0.1, 0.15) is 31.2 Å². The predicted molar refractivity (Wildman–Crippen MR) is 97.5 cm³/mol. The second-order valence-corrected chi connectivity index (χ2v) is 8.26. The van der Waals surface area contributed by atoms with E-state index in [4.69, 9.17) is 0 Å². The van der Waals surface area contributed by atoms with E-state index in [-0.39, 0.29) is 23.3 Å². The number of carbonyl (C=O) groups excluding carboxylic acids is 1. The minimum Gasteiger partial charge on any atom is -0.353 e. The molecule has 2 heterocycles. The maximum atomic E-state index is 12.5. The van der Waals surface area contributed by atoms with Gasteiger partial charge in [0.25, 0.3) is 5.56 Å². The predicted octanol–water partition coefficient (Wildman–Crippen LogP) is 2.86. The Kier molecular flexibility index (Phi) is 5.52. The molecule has 0 bridgehead atoms. The number of thioether (sulfide) groups is 1. The molecule has 2 rings (SSSR count). The standard InChI is InChI=1S/C16H23N3O2S2/c1-8(2)10(4)17-12(20)7-22-16-18-14-13(15(21)19(16)6)9(3)11(5)23-14/h8,10H,7H2,1-6H3,(H,17,20)/t10-/m0/s1. The van der Waals surface area contributed by atoms with Crippen LogP contribution in [-0.2, 0) is 11.8 Å². The molecule has 0 spiro atoms. The van der Waals surface area contributed by atoms with Crippen molar-refractivity contribution >= 4 is 39.2 Å². The van der Waals surface area contributed by atoms with Crippen molar-refractivity contribution in [1.82, 2.24) is 14.9 Å². The average Bonchev–Trinajstić information content (AvgIpc) is 2.76. The van der Waals surface area contributed by atoms with Crippen molar-refractivity contribution in [2.75, 3.05) is 5.75 Å². The topological polar surface area (TPSA) is 64.0 Å². The van der Waals surface area contributed by atoms with Gasteiger partial charge in [0.15, 0.2) is 5.16 Å². The SMILES string of the molecule is Cc1sc2nc(SCC(=O)N[C@@H](C)C(C)C)n(C)c(=O)c2c1C. The summed E-state index contributed by atoms with van der Waals surface area (Å²) < 4.78 is 1.53. The van der Waals surface area contributed by atoms with E-state index in [1.54, 1.807) is 7.05 Å². The summed E-state index contributed by atoms with van der Waals surface area (Å²) in [7, 11) is 1.71. The minimum absolute atomic E-state index is 0.0379. The fourth-order valence-corrected chi connectivity index (χ4v) is 3.93. The van der Waals surface area contributed by atoms with Crippen molar-refractivity contribution in [3.63, 3.8) is 0 Å². The molecule has 2 aromatic rings. The van der Waals surface area contributed by atoms with Crippen LogP contribution >= 0.6 is 23.1 Å². The number of nitrogens with zero attached hydrogens (tertiary/aromatic N) is 2. The number of fused-ring (bicyclic) bond motifs is 1. The summed E-state index contributed by atoms with van der Waals surface area (Å²) >= 11 is 2.83. The van der Waals surface area contributed by atoms with Crippen LogP contribution in [0.2, 0.25) is 0 Å². The number of hydrogen-bond donors (Lipinski definition) is 1. The van der Waals surface area contributed by atoms with Gasteiger partial charge >= 0.3 is 0 Å². The van der Waals surface area contributed by atoms with Gasteiger partial charge in [0.05, 0.1) is 11.1 Å². The molecule has 0 radical (unpaired) electrons. The third-order valence-electron chi connectivity index (χ3n) is 4.09. The Balaban J connectivity index is 2.20. The Hall–Kier alpha value is -1.34. The van der Waals surface area contributed by atoms with Crippen molar-refractivity contribution in [2.24, 2.45) is 13.0 Å². The molecular formula is C16H23N3O2S2. The largest absolute Gasteiger partial charge is 0.353 e. The fourth-order valence-electron chi connectivity index (χ4n) is 2.08. The van der Waals surface area contributed by atoms with Crippen molar-refractivity contribution < 1.29 is 4.79 Å². The Morgan fingerprint density at radius 2 is 2.00 bits per heavy atom. The summed E-state index contributed by atoms with van der Waals surface area (Å²) in [6.45, 7) is 10.1.